The Kier molecular flexibility index (Phi) is 4.83. The molecule has 5 nitrogen and oxygen atoms in total. The number of thiophene rings is 2. The first kappa shape index (κ1) is 18.4. The van der Waals surface area contributed by atoms with Crippen LogP contribution in [0.3, 0.4) is 0 Å². The zero-order valence-electron chi connectivity index (χ0n) is 15.4. The molecular weight excluding hydrogens is 422 g/mol. The van der Waals surface area contributed by atoms with E-state index in [0.29, 0.717) is 22.2 Å². The normalized spacial score (nSPS) is 11.3. The Balaban J connectivity index is 1.43. The van der Waals surface area contributed by atoms with Crippen molar-refractivity contribution in [2.75, 3.05) is 0 Å². The maximum Gasteiger partial charge on any atom is 0.262 e. The van der Waals surface area contributed by atoms with Crippen molar-refractivity contribution in [1.82, 2.24) is 14.5 Å². The highest BCUT2D eigenvalue weighted by atomic mass is 32.2. The number of rotatable bonds is 5. The zero-order valence-corrected chi connectivity index (χ0v) is 17.8. The Morgan fingerprint density at radius 3 is 2.76 bits per heavy atom. The topological polar surface area (TPSA) is 60.9 Å². The van der Waals surface area contributed by atoms with E-state index in [-0.39, 0.29) is 5.56 Å². The number of aromatic nitrogens is 3. The number of hydrogen-bond acceptors (Lipinski definition) is 7. The molecule has 0 N–H and O–H groups in total. The van der Waals surface area contributed by atoms with Gasteiger partial charge in [-0.2, -0.15) is 0 Å². The number of fused-ring (bicyclic) bond motifs is 1. The summed E-state index contributed by atoms with van der Waals surface area (Å²) in [5.41, 5.74) is 1.88. The van der Waals surface area contributed by atoms with Gasteiger partial charge in [-0.3, -0.25) is 9.36 Å². The highest BCUT2D eigenvalue weighted by molar-refractivity contribution is 7.98. The molecule has 4 heterocycles. The summed E-state index contributed by atoms with van der Waals surface area (Å²) in [4.78, 5) is 24.9. The molecule has 0 aliphatic rings. The van der Waals surface area contributed by atoms with Gasteiger partial charge in [-0.05, 0) is 23.1 Å². The Morgan fingerprint density at radius 1 is 1.10 bits per heavy atom. The number of benzene rings is 1. The quantitative estimate of drug-likeness (QED) is 0.262. The van der Waals surface area contributed by atoms with Gasteiger partial charge in [-0.25, -0.2) is 9.97 Å². The van der Waals surface area contributed by atoms with E-state index in [2.05, 4.69) is 4.98 Å². The van der Waals surface area contributed by atoms with Crippen molar-refractivity contribution in [3.05, 3.63) is 76.2 Å². The summed E-state index contributed by atoms with van der Waals surface area (Å²) in [7, 11) is 1.76. The van der Waals surface area contributed by atoms with Crippen LogP contribution in [0.2, 0.25) is 0 Å². The van der Waals surface area contributed by atoms with Gasteiger partial charge in [-0.15, -0.1) is 22.7 Å². The number of thioether (sulfide) groups is 1. The maximum absolute atomic E-state index is 12.8. The zero-order chi connectivity index (χ0) is 19.8. The molecule has 0 saturated heterocycles. The average molecular weight is 438 g/mol. The molecule has 8 heteroatoms. The molecule has 1 aromatic carbocycles. The summed E-state index contributed by atoms with van der Waals surface area (Å²) in [5, 5.41) is 3.32. The van der Waals surface area contributed by atoms with Gasteiger partial charge < -0.3 is 4.42 Å². The largest absolute Gasteiger partial charge is 0.444 e. The SMILES string of the molecule is Cn1c(SCc2coc(-c3cccs3)n2)nc2sc(-c3ccccc3)cc2c1=O. The van der Waals surface area contributed by atoms with Crippen LogP contribution in [0.5, 0.6) is 0 Å². The fourth-order valence-corrected chi connectivity index (χ4v) is 5.53. The maximum atomic E-state index is 12.8. The van der Waals surface area contributed by atoms with Crippen molar-refractivity contribution in [2.24, 2.45) is 7.05 Å². The van der Waals surface area contributed by atoms with E-state index in [1.54, 1.807) is 40.6 Å². The highest BCUT2D eigenvalue weighted by Gasteiger charge is 2.14. The molecule has 29 heavy (non-hydrogen) atoms. The van der Waals surface area contributed by atoms with Gasteiger partial charge >= 0.3 is 0 Å². The van der Waals surface area contributed by atoms with E-state index >= 15 is 0 Å². The minimum atomic E-state index is -0.0321. The Hall–Kier alpha value is -2.68. The van der Waals surface area contributed by atoms with Crippen LogP contribution in [-0.4, -0.2) is 14.5 Å². The van der Waals surface area contributed by atoms with E-state index in [4.69, 9.17) is 9.40 Å². The molecule has 5 rings (SSSR count). The molecule has 0 aliphatic heterocycles. The molecule has 0 spiro atoms. The van der Waals surface area contributed by atoms with E-state index in [1.165, 1.54) is 11.8 Å². The lowest BCUT2D eigenvalue weighted by Gasteiger charge is -2.05. The van der Waals surface area contributed by atoms with E-state index in [0.717, 1.165) is 25.8 Å². The van der Waals surface area contributed by atoms with Crippen molar-refractivity contribution >= 4 is 44.7 Å². The molecule has 144 valence electrons. The molecule has 0 saturated carbocycles. The Bertz CT molecular complexity index is 1340. The molecule has 0 bridgehead atoms. The standard InChI is InChI=1S/C21H15N3O2S3/c1-24-20(25)15-10-17(13-6-3-2-4-7-13)29-19(15)23-21(24)28-12-14-11-26-18(22-14)16-8-5-9-27-16/h2-11H,12H2,1H3. The lowest BCUT2D eigenvalue weighted by atomic mass is 10.2. The first-order chi connectivity index (χ1) is 14.2. The van der Waals surface area contributed by atoms with Crippen LogP contribution in [0.1, 0.15) is 5.69 Å². The van der Waals surface area contributed by atoms with Gasteiger partial charge in [0, 0.05) is 17.7 Å². The Morgan fingerprint density at radius 2 is 1.97 bits per heavy atom. The van der Waals surface area contributed by atoms with Crippen LogP contribution < -0.4 is 5.56 Å². The third kappa shape index (κ3) is 3.55. The molecule has 0 unspecified atom stereocenters. The molecule has 0 aliphatic carbocycles. The summed E-state index contributed by atoms with van der Waals surface area (Å²) >= 11 is 4.62. The minimum absolute atomic E-state index is 0.0321. The second-order valence-electron chi connectivity index (χ2n) is 6.36. The second-order valence-corrected chi connectivity index (χ2v) is 9.28. The minimum Gasteiger partial charge on any atom is -0.444 e. The van der Waals surface area contributed by atoms with Crippen molar-refractivity contribution in [2.45, 2.75) is 10.9 Å². The van der Waals surface area contributed by atoms with Gasteiger partial charge in [0.05, 0.1) is 16.0 Å². The van der Waals surface area contributed by atoms with Crippen LogP contribution in [0.4, 0.5) is 0 Å². The van der Waals surface area contributed by atoms with Crippen molar-refractivity contribution in [3.63, 3.8) is 0 Å². The lowest BCUT2D eigenvalue weighted by molar-refractivity contribution is 0.575. The summed E-state index contributed by atoms with van der Waals surface area (Å²) < 4.78 is 7.18. The van der Waals surface area contributed by atoms with E-state index < -0.39 is 0 Å². The summed E-state index contributed by atoms with van der Waals surface area (Å²) in [6.07, 6.45) is 1.66. The molecule has 4 aromatic heterocycles. The molecular formula is C21H15N3O2S3. The fourth-order valence-electron chi connectivity index (χ4n) is 2.95. The van der Waals surface area contributed by atoms with Crippen LogP contribution in [0, 0.1) is 0 Å². The summed E-state index contributed by atoms with van der Waals surface area (Å²) in [6, 6.07) is 15.9. The first-order valence-corrected chi connectivity index (χ1v) is 11.5. The number of hydrogen-bond donors (Lipinski definition) is 0. The molecule has 0 atom stereocenters. The lowest BCUT2D eigenvalue weighted by Crippen LogP contribution is -2.19. The summed E-state index contributed by atoms with van der Waals surface area (Å²) in [6.45, 7) is 0. The smallest absolute Gasteiger partial charge is 0.262 e. The van der Waals surface area contributed by atoms with Crippen molar-refractivity contribution in [3.8, 4) is 21.2 Å². The van der Waals surface area contributed by atoms with E-state index in [9.17, 15) is 4.79 Å². The van der Waals surface area contributed by atoms with Crippen LogP contribution in [-0.2, 0) is 12.8 Å². The van der Waals surface area contributed by atoms with Gasteiger partial charge in [0.1, 0.15) is 11.1 Å². The second kappa shape index (κ2) is 7.62. The molecule has 0 radical (unpaired) electrons. The van der Waals surface area contributed by atoms with Gasteiger partial charge in [-0.1, -0.05) is 48.2 Å². The number of nitrogens with zero attached hydrogens (tertiary/aromatic N) is 3. The van der Waals surface area contributed by atoms with Crippen molar-refractivity contribution in [1.29, 1.82) is 0 Å². The average Bonchev–Trinajstić information content (AvgIpc) is 3.50. The molecule has 5 aromatic rings. The fraction of sp³-hybridized carbons (Fsp3) is 0.0952. The third-order valence-electron chi connectivity index (χ3n) is 4.42. The van der Waals surface area contributed by atoms with Crippen LogP contribution in [0.25, 0.3) is 31.4 Å². The monoisotopic (exact) mass is 437 g/mol. The Labute approximate surface area is 178 Å². The summed E-state index contributed by atoms with van der Waals surface area (Å²) in [5.74, 6) is 1.20. The van der Waals surface area contributed by atoms with Crippen LogP contribution >= 0.6 is 34.4 Å². The first-order valence-electron chi connectivity index (χ1n) is 8.86. The number of oxazole rings is 1. The van der Waals surface area contributed by atoms with Gasteiger partial charge in [0.15, 0.2) is 5.16 Å². The predicted octanol–water partition coefficient (Wildman–Crippen LogP) is 5.67. The predicted molar refractivity (Wildman–Crippen MR) is 120 cm³/mol. The van der Waals surface area contributed by atoms with Crippen molar-refractivity contribution < 1.29 is 4.42 Å². The van der Waals surface area contributed by atoms with E-state index in [1.807, 2.05) is 53.9 Å². The van der Waals surface area contributed by atoms with Gasteiger partial charge in [0.2, 0.25) is 5.89 Å². The highest BCUT2D eigenvalue weighted by Crippen LogP contribution is 2.32. The molecule has 0 fully saturated rings. The third-order valence-corrected chi connectivity index (χ3v) is 7.42. The van der Waals surface area contributed by atoms with Crippen LogP contribution in [0.15, 0.2) is 74.5 Å². The molecule has 0 amide bonds. The van der Waals surface area contributed by atoms with Gasteiger partial charge in [0.25, 0.3) is 5.56 Å².